The van der Waals surface area contributed by atoms with Crippen molar-refractivity contribution in [3.05, 3.63) is 0 Å². The van der Waals surface area contributed by atoms with Crippen LogP contribution in [0.1, 0.15) is 26.7 Å². The molecule has 0 radical (unpaired) electrons. The zero-order valence-corrected chi connectivity index (χ0v) is 15.1. The van der Waals surface area contributed by atoms with E-state index in [1.54, 1.807) is 13.8 Å². The summed E-state index contributed by atoms with van der Waals surface area (Å²) in [5, 5.41) is 33.3. The lowest BCUT2D eigenvalue weighted by molar-refractivity contribution is -0.143. The van der Waals surface area contributed by atoms with Crippen LogP contribution in [0.25, 0.3) is 0 Å². The van der Waals surface area contributed by atoms with Crippen LogP contribution in [0.5, 0.6) is 0 Å². The maximum Gasteiger partial charge on any atom is 0.326 e. The van der Waals surface area contributed by atoms with Gasteiger partial charge in [0, 0.05) is 6.42 Å². The van der Waals surface area contributed by atoms with Gasteiger partial charge in [-0.15, -0.1) is 0 Å². The maximum absolute atomic E-state index is 11.9. The summed E-state index contributed by atoms with van der Waals surface area (Å²) in [7, 11) is 0. The van der Waals surface area contributed by atoms with Gasteiger partial charge in [0.1, 0.15) is 12.1 Å². The van der Waals surface area contributed by atoms with Crippen LogP contribution in [0.3, 0.4) is 0 Å². The van der Waals surface area contributed by atoms with Crippen LogP contribution in [0.15, 0.2) is 0 Å². The summed E-state index contributed by atoms with van der Waals surface area (Å²) in [5.74, 6) is -5.21. The largest absolute Gasteiger partial charge is 0.481 e. The van der Waals surface area contributed by atoms with E-state index < -0.39 is 60.9 Å². The van der Waals surface area contributed by atoms with Crippen molar-refractivity contribution in [2.75, 3.05) is 13.2 Å². The van der Waals surface area contributed by atoms with Gasteiger partial charge in [0.05, 0.1) is 19.2 Å². The van der Waals surface area contributed by atoms with Gasteiger partial charge >= 0.3 is 11.9 Å². The van der Waals surface area contributed by atoms with Crippen LogP contribution in [0.2, 0.25) is 0 Å². The number of carboxylic acid groups (broad SMARTS) is 2. The highest BCUT2D eigenvalue weighted by atomic mass is 16.4. The van der Waals surface area contributed by atoms with Crippen LogP contribution < -0.4 is 21.7 Å². The van der Waals surface area contributed by atoms with Crippen molar-refractivity contribution in [1.29, 1.82) is 0 Å². The lowest BCUT2D eigenvalue weighted by atomic mass is 10.1. The summed E-state index contributed by atoms with van der Waals surface area (Å²) in [6.45, 7) is 1.85. The molecule has 3 amide bonds. The maximum atomic E-state index is 11.9. The highest BCUT2D eigenvalue weighted by Gasteiger charge is 2.26. The first-order valence-electron chi connectivity index (χ1n) is 8.18. The van der Waals surface area contributed by atoms with Crippen molar-refractivity contribution in [2.24, 2.45) is 11.7 Å². The van der Waals surface area contributed by atoms with E-state index in [-0.39, 0.29) is 18.8 Å². The molecule has 0 aliphatic carbocycles. The number of aliphatic hydroxyl groups is 1. The number of carboxylic acids is 2. The minimum atomic E-state index is -1.40. The average Bonchev–Trinajstić information content (AvgIpc) is 2.58. The highest BCUT2D eigenvalue weighted by Crippen LogP contribution is 2.01. The Morgan fingerprint density at radius 3 is 2.04 bits per heavy atom. The van der Waals surface area contributed by atoms with Gasteiger partial charge < -0.3 is 37.0 Å². The number of hydrogen-bond acceptors (Lipinski definition) is 7. The second kappa shape index (κ2) is 11.8. The molecular weight excluding hydrogens is 364 g/mol. The summed E-state index contributed by atoms with van der Waals surface area (Å²) in [5.41, 5.74) is 5.49. The lowest BCUT2D eigenvalue weighted by Crippen LogP contribution is -2.55. The van der Waals surface area contributed by atoms with Gasteiger partial charge in [-0.3, -0.25) is 19.2 Å². The minimum absolute atomic E-state index is 0.158. The van der Waals surface area contributed by atoms with Crippen molar-refractivity contribution in [2.45, 2.75) is 44.8 Å². The zero-order chi connectivity index (χ0) is 21.1. The Bertz CT molecular complexity index is 566. The molecule has 0 fully saturated rings. The number of hydrogen-bond donors (Lipinski definition) is 7. The van der Waals surface area contributed by atoms with Gasteiger partial charge in [-0.1, -0.05) is 13.8 Å². The Kier molecular flexibility index (Phi) is 10.6. The number of rotatable bonds is 12. The summed E-state index contributed by atoms with van der Waals surface area (Å²) < 4.78 is 0. The van der Waals surface area contributed by atoms with E-state index in [0.717, 1.165) is 0 Å². The molecule has 0 aromatic rings. The first-order chi connectivity index (χ1) is 12.5. The summed E-state index contributed by atoms with van der Waals surface area (Å²) >= 11 is 0. The van der Waals surface area contributed by atoms with Gasteiger partial charge in [-0.2, -0.15) is 0 Å². The molecule has 0 aromatic carbocycles. The van der Waals surface area contributed by atoms with Crippen molar-refractivity contribution >= 4 is 29.7 Å². The topological polar surface area (TPSA) is 208 Å². The molecule has 12 heteroatoms. The van der Waals surface area contributed by atoms with Gasteiger partial charge in [0.25, 0.3) is 0 Å². The van der Waals surface area contributed by atoms with Crippen molar-refractivity contribution < 1.29 is 39.3 Å². The molecule has 0 spiro atoms. The minimum Gasteiger partial charge on any atom is -0.481 e. The van der Waals surface area contributed by atoms with E-state index in [2.05, 4.69) is 16.0 Å². The average molecular weight is 390 g/mol. The van der Waals surface area contributed by atoms with Crippen LogP contribution in [-0.2, 0) is 24.0 Å². The number of carbonyl (C=O) groups excluding carboxylic acids is 3. The van der Waals surface area contributed by atoms with Crippen LogP contribution >= 0.6 is 0 Å². The Labute approximate surface area is 155 Å². The molecule has 0 saturated carbocycles. The van der Waals surface area contributed by atoms with Crippen molar-refractivity contribution in [1.82, 2.24) is 16.0 Å². The molecule has 0 saturated heterocycles. The second-order valence-electron chi connectivity index (χ2n) is 6.13. The Balaban J connectivity index is 4.55. The van der Waals surface area contributed by atoms with E-state index in [1.165, 1.54) is 0 Å². The van der Waals surface area contributed by atoms with Crippen molar-refractivity contribution in [3.63, 3.8) is 0 Å². The fraction of sp³-hybridized carbons (Fsp3) is 0.667. The molecule has 0 aromatic heterocycles. The predicted molar refractivity (Wildman–Crippen MR) is 91.3 cm³/mol. The number of amides is 3. The molecular formula is C15H26N4O8. The molecule has 154 valence electrons. The predicted octanol–water partition coefficient (Wildman–Crippen LogP) is -3.00. The normalized spacial score (nSPS) is 14.0. The number of nitrogens with two attached hydrogens (primary N) is 1. The highest BCUT2D eigenvalue weighted by molar-refractivity contribution is 5.92. The fourth-order valence-corrected chi connectivity index (χ4v) is 1.91. The molecule has 0 aliphatic heterocycles. The Hall–Kier alpha value is -2.73. The molecule has 0 bridgehead atoms. The molecule has 12 nitrogen and oxygen atoms in total. The monoisotopic (exact) mass is 390 g/mol. The molecule has 3 unspecified atom stereocenters. The molecule has 27 heavy (non-hydrogen) atoms. The fourth-order valence-electron chi connectivity index (χ4n) is 1.91. The Morgan fingerprint density at radius 1 is 1.00 bits per heavy atom. The molecule has 8 N–H and O–H groups in total. The first-order valence-corrected chi connectivity index (χ1v) is 8.18. The summed E-state index contributed by atoms with van der Waals surface area (Å²) in [6.07, 6.45) is -0.500. The SMILES string of the molecule is CC(C)C(NC(=O)CNC(=O)C(CO)NC(=O)C(N)CCC(=O)O)C(=O)O. The van der Waals surface area contributed by atoms with Gasteiger partial charge in [-0.25, -0.2) is 4.79 Å². The number of aliphatic hydroxyl groups excluding tert-OH is 1. The van der Waals surface area contributed by atoms with Crippen LogP contribution in [-0.4, -0.2) is 76.3 Å². The molecule has 0 aliphatic rings. The summed E-state index contributed by atoms with van der Waals surface area (Å²) in [4.78, 5) is 57.0. The molecule has 0 rings (SSSR count). The molecule has 0 heterocycles. The van der Waals surface area contributed by atoms with Crippen LogP contribution in [0.4, 0.5) is 0 Å². The Morgan fingerprint density at radius 2 is 1.59 bits per heavy atom. The van der Waals surface area contributed by atoms with Gasteiger partial charge in [-0.05, 0) is 12.3 Å². The summed E-state index contributed by atoms with van der Waals surface area (Å²) in [6, 6.07) is -3.72. The van der Waals surface area contributed by atoms with Crippen molar-refractivity contribution in [3.8, 4) is 0 Å². The number of carbonyl (C=O) groups is 5. The third-order valence-corrected chi connectivity index (χ3v) is 3.49. The lowest BCUT2D eigenvalue weighted by Gasteiger charge is -2.20. The van der Waals surface area contributed by atoms with Gasteiger partial charge in [0.15, 0.2) is 0 Å². The standard InChI is InChI=1S/C15H26N4O8/c1-7(2)12(15(26)27)19-10(21)5-17-14(25)9(6-20)18-13(24)8(16)3-4-11(22)23/h7-9,12,20H,3-6,16H2,1-2H3,(H,17,25)(H,18,24)(H,19,21)(H,22,23)(H,26,27). The zero-order valence-electron chi connectivity index (χ0n) is 15.1. The number of aliphatic carboxylic acids is 2. The quantitative estimate of drug-likeness (QED) is 0.181. The van der Waals surface area contributed by atoms with E-state index in [4.69, 9.17) is 15.9 Å². The third kappa shape index (κ3) is 9.51. The van der Waals surface area contributed by atoms with Gasteiger partial charge in [0.2, 0.25) is 17.7 Å². The van der Waals surface area contributed by atoms with E-state index in [1.807, 2.05) is 0 Å². The molecule has 3 atom stereocenters. The first kappa shape index (κ1) is 24.3. The smallest absolute Gasteiger partial charge is 0.326 e. The third-order valence-electron chi connectivity index (χ3n) is 3.49. The number of nitrogens with one attached hydrogen (secondary N) is 3. The van der Waals surface area contributed by atoms with Crippen LogP contribution in [0, 0.1) is 5.92 Å². The second-order valence-corrected chi connectivity index (χ2v) is 6.13. The van der Waals surface area contributed by atoms with E-state index in [9.17, 15) is 29.1 Å². The van der Waals surface area contributed by atoms with E-state index in [0.29, 0.717) is 0 Å². The van der Waals surface area contributed by atoms with E-state index >= 15 is 0 Å².